The highest BCUT2D eigenvalue weighted by Gasteiger charge is 2.29. The highest BCUT2D eigenvalue weighted by Crippen LogP contribution is 2.21. The first-order valence-corrected chi connectivity index (χ1v) is 9.07. The van der Waals surface area contributed by atoms with Gasteiger partial charge < -0.3 is 10.1 Å². The van der Waals surface area contributed by atoms with Crippen molar-refractivity contribution in [1.82, 2.24) is 5.32 Å². The molecular formula is C21H26ClNO2. The Hall–Kier alpha value is -2.00. The zero-order valence-corrected chi connectivity index (χ0v) is 16.1. The van der Waals surface area contributed by atoms with Gasteiger partial charge in [-0.15, -0.1) is 0 Å². The van der Waals surface area contributed by atoms with Crippen LogP contribution in [0.2, 0.25) is 5.02 Å². The largest absolute Gasteiger partial charge is 0.478 e. The lowest BCUT2D eigenvalue weighted by Crippen LogP contribution is -2.46. The summed E-state index contributed by atoms with van der Waals surface area (Å²) in [7, 11) is 0. The van der Waals surface area contributed by atoms with Gasteiger partial charge in [0.25, 0.3) is 5.91 Å². The third-order valence-corrected chi connectivity index (χ3v) is 4.48. The molecule has 0 radical (unpaired) electrons. The molecule has 4 heteroatoms. The number of hydrogen-bond acceptors (Lipinski definition) is 2. The monoisotopic (exact) mass is 359 g/mol. The van der Waals surface area contributed by atoms with Gasteiger partial charge >= 0.3 is 0 Å². The zero-order valence-electron chi connectivity index (χ0n) is 15.4. The van der Waals surface area contributed by atoms with Crippen LogP contribution in [0.25, 0.3) is 0 Å². The van der Waals surface area contributed by atoms with Crippen molar-refractivity contribution < 1.29 is 9.53 Å². The van der Waals surface area contributed by atoms with E-state index in [0.29, 0.717) is 17.3 Å². The van der Waals surface area contributed by atoms with Gasteiger partial charge in [-0.05, 0) is 67.6 Å². The normalized spacial score (nSPS) is 11.2. The summed E-state index contributed by atoms with van der Waals surface area (Å²) in [6, 6.07) is 13.5. The number of rotatable bonds is 7. The minimum absolute atomic E-state index is 0.147. The van der Waals surface area contributed by atoms with Gasteiger partial charge in [0.05, 0.1) is 0 Å². The predicted molar refractivity (Wildman–Crippen MR) is 103 cm³/mol. The lowest BCUT2D eigenvalue weighted by Gasteiger charge is -2.25. The highest BCUT2D eigenvalue weighted by atomic mass is 35.5. The van der Waals surface area contributed by atoms with Crippen LogP contribution in [-0.4, -0.2) is 11.5 Å². The van der Waals surface area contributed by atoms with E-state index in [1.165, 1.54) is 11.1 Å². The molecule has 1 N–H and O–H groups in total. The summed E-state index contributed by atoms with van der Waals surface area (Å²) < 4.78 is 5.84. The number of carbonyl (C=O) groups excluding carboxylic acids is 1. The van der Waals surface area contributed by atoms with Crippen LogP contribution < -0.4 is 10.1 Å². The fraction of sp³-hybridized carbons (Fsp3) is 0.381. The van der Waals surface area contributed by atoms with Gasteiger partial charge in [0, 0.05) is 11.6 Å². The molecule has 0 aromatic heterocycles. The number of benzene rings is 2. The summed E-state index contributed by atoms with van der Waals surface area (Å²) in [6.07, 6.45) is 1.93. The molecule has 0 spiro atoms. The maximum absolute atomic E-state index is 12.6. The van der Waals surface area contributed by atoms with Crippen LogP contribution in [0.4, 0.5) is 0 Å². The molecule has 0 aliphatic rings. The van der Waals surface area contributed by atoms with Crippen molar-refractivity contribution in [3.63, 3.8) is 0 Å². The minimum atomic E-state index is -0.970. The van der Waals surface area contributed by atoms with Crippen LogP contribution in [0.5, 0.6) is 5.75 Å². The molecule has 0 heterocycles. The van der Waals surface area contributed by atoms with E-state index in [9.17, 15) is 4.79 Å². The maximum Gasteiger partial charge on any atom is 0.263 e. The molecule has 2 aromatic carbocycles. The number of ether oxygens (including phenoxy) is 1. The maximum atomic E-state index is 12.6. The number of hydrogen-bond donors (Lipinski definition) is 1. The zero-order chi connectivity index (χ0) is 18.4. The first kappa shape index (κ1) is 19.3. The van der Waals surface area contributed by atoms with E-state index in [0.717, 1.165) is 18.4 Å². The van der Waals surface area contributed by atoms with Gasteiger partial charge in [0.1, 0.15) is 5.75 Å². The first-order chi connectivity index (χ1) is 11.9. The molecule has 3 nitrogen and oxygen atoms in total. The van der Waals surface area contributed by atoms with Crippen molar-refractivity contribution in [3.05, 3.63) is 64.2 Å². The van der Waals surface area contributed by atoms with E-state index in [1.54, 1.807) is 38.1 Å². The summed E-state index contributed by atoms with van der Waals surface area (Å²) in [5.41, 5.74) is 2.73. The summed E-state index contributed by atoms with van der Waals surface area (Å²) in [5, 5.41) is 3.64. The Balaban J connectivity index is 2.04. The van der Waals surface area contributed by atoms with Crippen molar-refractivity contribution in [2.24, 2.45) is 0 Å². The second-order valence-corrected chi connectivity index (χ2v) is 7.00. The van der Waals surface area contributed by atoms with E-state index in [-0.39, 0.29) is 5.91 Å². The van der Waals surface area contributed by atoms with Crippen LogP contribution >= 0.6 is 11.6 Å². The standard InChI is InChI=1S/C21H26ClNO2/c1-5-15-7-8-16(6-2)17(13-15)14-23-20(24)21(3,4)25-19-11-9-18(22)10-12-19/h7-13H,5-6,14H2,1-4H3,(H,23,24). The third kappa shape index (κ3) is 5.23. The Kier molecular flexibility index (Phi) is 6.49. The van der Waals surface area contributed by atoms with Crippen molar-refractivity contribution in [1.29, 1.82) is 0 Å². The van der Waals surface area contributed by atoms with Crippen LogP contribution in [0.1, 0.15) is 44.4 Å². The van der Waals surface area contributed by atoms with Crippen molar-refractivity contribution in [2.45, 2.75) is 52.7 Å². The average molecular weight is 360 g/mol. The van der Waals surface area contributed by atoms with Crippen molar-refractivity contribution in [2.75, 3.05) is 0 Å². The Bertz CT molecular complexity index is 723. The van der Waals surface area contributed by atoms with Crippen LogP contribution in [-0.2, 0) is 24.2 Å². The van der Waals surface area contributed by atoms with Crippen molar-refractivity contribution in [3.8, 4) is 5.75 Å². The molecule has 0 atom stereocenters. The van der Waals surface area contributed by atoms with Gasteiger partial charge in [0.2, 0.25) is 0 Å². The Labute approximate surface area is 155 Å². The quantitative estimate of drug-likeness (QED) is 0.760. The number of aryl methyl sites for hydroxylation is 2. The fourth-order valence-electron chi connectivity index (χ4n) is 2.64. The molecule has 0 saturated heterocycles. The number of amides is 1. The number of halogens is 1. The molecule has 0 unspecified atom stereocenters. The second kappa shape index (κ2) is 8.39. The lowest BCUT2D eigenvalue weighted by molar-refractivity contribution is -0.134. The third-order valence-electron chi connectivity index (χ3n) is 4.23. The molecular weight excluding hydrogens is 334 g/mol. The summed E-state index contributed by atoms with van der Waals surface area (Å²) >= 11 is 5.88. The van der Waals surface area contributed by atoms with E-state index in [2.05, 4.69) is 37.4 Å². The highest BCUT2D eigenvalue weighted by molar-refractivity contribution is 6.30. The van der Waals surface area contributed by atoms with Crippen LogP contribution in [0.3, 0.4) is 0 Å². The molecule has 2 rings (SSSR count). The molecule has 134 valence electrons. The van der Waals surface area contributed by atoms with Gasteiger partial charge in [-0.2, -0.15) is 0 Å². The average Bonchev–Trinajstić information content (AvgIpc) is 2.61. The summed E-state index contributed by atoms with van der Waals surface area (Å²) in [4.78, 5) is 12.6. The molecule has 0 saturated carbocycles. The number of carbonyl (C=O) groups is 1. The fourth-order valence-corrected chi connectivity index (χ4v) is 2.77. The second-order valence-electron chi connectivity index (χ2n) is 6.56. The van der Waals surface area contributed by atoms with Gasteiger partial charge in [-0.25, -0.2) is 0 Å². The van der Waals surface area contributed by atoms with E-state index >= 15 is 0 Å². The van der Waals surface area contributed by atoms with Gasteiger partial charge in [-0.3, -0.25) is 4.79 Å². The Morgan fingerprint density at radius 2 is 1.72 bits per heavy atom. The van der Waals surface area contributed by atoms with Crippen LogP contribution in [0, 0.1) is 0 Å². The minimum Gasteiger partial charge on any atom is -0.478 e. The molecule has 2 aromatic rings. The van der Waals surface area contributed by atoms with Crippen molar-refractivity contribution >= 4 is 17.5 Å². The lowest BCUT2D eigenvalue weighted by atomic mass is 10.0. The SMILES string of the molecule is CCc1ccc(CC)c(CNC(=O)C(C)(C)Oc2ccc(Cl)cc2)c1. The van der Waals surface area contributed by atoms with Crippen LogP contribution in [0.15, 0.2) is 42.5 Å². The molecule has 0 fully saturated rings. The summed E-state index contributed by atoms with van der Waals surface area (Å²) in [6.45, 7) is 8.29. The van der Waals surface area contributed by atoms with Gasteiger partial charge in [-0.1, -0.05) is 43.6 Å². The van der Waals surface area contributed by atoms with E-state index in [4.69, 9.17) is 16.3 Å². The van der Waals surface area contributed by atoms with Gasteiger partial charge in [0.15, 0.2) is 5.60 Å². The molecule has 0 aliphatic carbocycles. The Morgan fingerprint density at radius 3 is 2.32 bits per heavy atom. The molecule has 0 bridgehead atoms. The topological polar surface area (TPSA) is 38.3 Å². The number of nitrogens with one attached hydrogen (secondary N) is 1. The molecule has 1 amide bonds. The smallest absolute Gasteiger partial charge is 0.263 e. The van der Waals surface area contributed by atoms with E-state index < -0.39 is 5.60 Å². The first-order valence-electron chi connectivity index (χ1n) is 8.69. The Morgan fingerprint density at radius 1 is 1.04 bits per heavy atom. The predicted octanol–water partition coefficient (Wildman–Crippen LogP) is 4.94. The molecule has 25 heavy (non-hydrogen) atoms. The van der Waals surface area contributed by atoms with E-state index in [1.807, 2.05) is 0 Å². The summed E-state index contributed by atoms with van der Waals surface area (Å²) in [5.74, 6) is 0.471. The molecule has 0 aliphatic heterocycles.